The van der Waals surface area contributed by atoms with E-state index in [1.165, 1.54) is 49.0 Å². The second-order valence-corrected chi connectivity index (χ2v) is 3.74. The van der Waals surface area contributed by atoms with E-state index in [2.05, 4.69) is 6.92 Å². The van der Waals surface area contributed by atoms with Crippen LogP contribution < -0.4 is 0 Å². The first-order chi connectivity index (χ1) is 2.91. The monoisotopic (exact) mass is 280 g/mol. The van der Waals surface area contributed by atoms with Gasteiger partial charge < -0.3 is 0 Å². The van der Waals surface area contributed by atoms with Crippen molar-refractivity contribution >= 4 is 25.8 Å². The molecule has 0 aromatic heterocycles. The minimum atomic E-state index is 1.24. The van der Waals surface area contributed by atoms with Crippen molar-refractivity contribution in [2.75, 3.05) is 0 Å². The SMILES string of the molecule is CCCC[CH2][PbH]. The molecule has 0 saturated heterocycles. The zero-order valence-electron chi connectivity index (χ0n) is 4.41. The number of unbranched alkanes of at least 4 members (excludes halogenated alkanes) is 2. The summed E-state index contributed by atoms with van der Waals surface area (Å²) in [6.45, 7) is 2.25. The Kier molecular flexibility index (Phi) is 6.83. The Bertz CT molecular complexity index is 15.9. The Morgan fingerprint density at radius 1 is 1.33 bits per heavy atom. The molecule has 0 bridgehead atoms. The molecule has 0 aliphatic rings. The predicted molar refractivity (Wildman–Crippen MR) is 31.5 cm³/mol. The maximum absolute atomic E-state index is 2.25. The van der Waals surface area contributed by atoms with Crippen molar-refractivity contribution in [1.29, 1.82) is 0 Å². The third kappa shape index (κ3) is 4.92. The first-order valence-corrected chi connectivity index (χ1v) is 5.79. The molecule has 0 rings (SSSR count). The van der Waals surface area contributed by atoms with Crippen LogP contribution in [0.15, 0.2) is 0 Å². The molecule has 0 unspecified atom stereocenters. The van der Waals surface area contributed by atoms with E-state index in [9.17, 15) is 0 Å². The van der Waals surface area contributed by atoms with Crippen molar-refractivity contribution < 1.29 is 0 Å². The molecule has 1 heteroatoms. The normalized spacial score (nSPS) is 9.00. The van der Waals surface area contributed by atoms with Crippen LogP contribution in [0, 0.1) is 0 Å². The molecule has 0 aromatic rings. The minimum absolute atomic E-state index is 1.24. The average Bonchev–Trinajstić information content (AvgIpc) is 1.61. The van der Waals surface area contributed by atoms with E-state index in [1.807, 2.05) is 0 Å². The number of rotatable bonds is 3. The molecule has 2 radical (unpaired) electrons. The van der Waals surface area contributed by atoms with Crippen LogP contribution in [0.25, 0.3) is 0 Å². The zero-order valence-corrected chi connectivity index (χ0v) is 8.89. The molecule has 0 fully saturated rings. The summed E-state index contributed by atoms with van der Waals surface area (Å²) in [5.74, 6) is 0. The fourth-order valence-corrected chi connectivity index (χ4v) is 1.52. The van der Waals surface area contributed by atoms with Crippen LogP contribution >= 0.6 is 0 Å². The maximum atomic E-state index is 2.25. The van der Waals surface area contributed by atoms with Gasteiger partial charge in [0.05, 0.1) is 0 Å². The molecular formula is C5H12Pb. The van der Waals surface area contributed by atoms with Crippen molar-refractivity contribution in [3.8, 4) is 0 Å². The number of hydrogen-bond donors (Lipinski definition) is 0. The van der Waals surface area contributed by atoms with E-state index in [0.29, 0.717) is 0 Å². The molecule has 0 heterocycles. The predicted octanol–water partition coefficient (Wildman–Crippen LogP) is 1.50. The van der Waals surface area contributed by atoms with E-state index >= 15 is 0 Å². The Balaban J connectivity index is 2.34. The summed E-state index contributed by atoms with van der Waals surface area (Å²) in [4.78, 5) is 0. The van der Waals surface area contributed by atoms with Crippen LogP contribution in [-0.2, 0) is 0 Å². The van der Waals surface area contributed by atoms with Gasteiger partial charge in [0.2, 0.25) is 0 Å². The quantitative estimate of drug-likeness (QED) is 0.542. The van der Waals surface area contributed by atoms with Crippen molar-refractivity contribution in [2.45, 2.75) is 30.2 Å². The molecule has 0 nitrogen and oxygen atoms in total. The Labute approximate surface area is 56.0 Å². The summed E-state index contributed by atoms with van der Waals surface area (Å²) in [6.07, 6.45) is 4.32. The summed E-state index contributed by atoms with van der Waals surface area (Å²) >= 11 is 1.24. The van der Waals surface area contributed by atoms with Gasteiger partial charge in [0.15, 0.2) is 0 Å². The van der Waals surface area contributed by atoms with Crippen LogP contribution in [0.2, 0.25) is 3.98 Å². The molecule has 0 saturated carbocycles. The van der Waals surface area contributed by atoms with Gasteiger partial charge in [-0.3, -0.25) is 0 Å². The van der Waals surface area contributed by atoms with Crippen LogP contribution in [-0.4, -0.2) is 25.8 Å². The van der Waals surface area contributed by atoms with E-state index in [-0.39, 0.29) is 0 Å². The van der Waals surface area contributed by atoms with E-state index in [0.717, 1.165) is 0 Å². The first-order valence-electron chi connectivity index (χ1n) is 2.62. The topological polar surface area (TPSA) is 0 Å². The summed E-state index contributed by atoms with van der Waals surface area (Å²) in [5.41, 5.74) is 0. The molecule has 0 aromatic carbocycles. The second kappa shape index (κ2) is 5.92. The van der Waals surface area contributed by atoms with Crippen molar-refractivity contribution in [2.24, 2.45) is 0 Å². The van der Waals surface area contributed by atoms with Gasteiger partial charge in [-0.1, -0.05) is 0 Å². The third-order valence-electron chi connectivity index (χ3n) is 0.808. The van der Waals surface area contributed by atoms with Gasteiger partial charge in [-0.05, 0) is 0 Å². The standard InChI is InChI=1S/C5H11.Pb.H/c1-3-5-4-2;;/h1,3-5H2,2H3;;. The zero-order chi connectivity index (χ0) is 4.83. The summed E-state index contributed by atoms with van der Waals surface area (Å²) < 4.78 is 1.52. The molecule has 0 atom stereocenters. The summed E-state index contributed by atoms with van der Waals surface area (Å²) in [7, 11) is 0. The molecular weight excluding hydrogens is 267 g/mol. The Morgan fingerprint density at radius 3 is 2.17 bits per heavy atom. The van der Waals surface area contributed by atoms with Gasteiger partial charge in [0.1, 0.15) is 0 Å². The van der Waals surface area contributed by atoms with Crippen molar-refractivity contribution in [1.82, 2.24) is 0 Å². The second-order valence-electron chi connectivity index (χ2n) is 1.50. The fourth-order valence-electron chi connectivity index (χ4n) is 0.394. The van der Waals surface area contributed by atoms with Crippen molar-refractivity contribution in [3.63, 3.8) is 0 Å². The third-order valence-corrected chi connectivity index (χ3v) is 2.39. The van der Waals surface area contributed by atoms with Gasteiger partial charge >= 0.3 is 55.9 Å². The molecule has 6 heavy (non-hydrogen) atoms. The van der Waals surface area contributed by atoms with E-state index < -0.39 is 0 Å². The Morgan fingerprint density at radius 2 is 2.00 bits per heavy atom. The fraction of sp³-hybridized carbons (Fsp3) is 1.00. The Hall–Kier alpha value is 0.922. The van der Waals surface area contributed by atoms with Gasteiger partial charge in [0, 0.05) is 0 Å². The number of hydrogen-bond acceptors (Lipinski definition) is 0. The first kappa shape index (κ1) is 6.92. The molecule has 0 amide bonds. The average molecular weight is 279 g/mol. The van der Waals surface area contributed by atoms with Crippen LogP contribution in [0.1, 0.15) is 26.2 Å². The summed E-state index contributed by atoms with van der Waals surface area (Å²) in [6, 6.07) is 0. The van der Waals surface area contributed by atoms with Crippen LogP contribution in [0.4, 0.5) is 0 Å². The molecule has 0 aliphatic carbocycles. The molecule has 0 aliphatic heterocycles. The van der Waals surface area contributed by atoms with Gasteiger partial charge in [-0.25, -0.2) is 0 Å². The van der Waals surface area contributed by atoms with Crippen LogP contribution in [0.5, 0.6) is 0 Å². The molecule has 0 N–H and O–H groups in total. The summed E-state index contributed by atoms with van der Waals surface area (Å²) in [5, 5.41) is 0. The van der Waals surface area contributed by atoms with Crippen molar-refractivity contribution in [3.05, 3.63) is 0 Å². The van der Waals surface area contributed by atoms with E-state index in [1.54, 1.807) is 0 Å². The van der Waals surface area contributed by atoms with Gasteiger partial charge in [-0.15, -0.1) is 0 Å². The van der Waals surface area contributed by atoms with E-state index in [4.69, 9.17) is 0 Å². The van der Waals surface area contributed by atoms with Crippen LogP contribution in [0.3, 0.4) is 0 Å². The molecule has 0 spiro atoms. The molecule has 36 valence electrons. The van der Waals surface area contributed by atoms with Gasteiger partial charge in [0.25, 0.3) is 0 Å². The van der Waals surface area contributed by atoms with Gasteiger partial charge in [-0.2, -0.15) is 0 Å².